The van der Waals surface area contributed by atoms with Gasteiger partial charge in [-0.25, -0.2) is 0 Å². The first kappa shape index (κ1) is 17.2. The molecule has 2 N–H and O–H groups in total. The number of amides is 2. The molecule has 0 spiro atoms. The Hall–Kier alpha value is -2.63. The topological polar surface area (TPSA) is 86.7 Å². The molecule has 2 aliphatic rings. The zero-order chi connectivity index (χ0) is 17.8. The number of carbonyl (C=O) groups excluding carboxylic acids is 2. The van der Waals surface area contributed by atoms with Crippen LogP contribution in [-0.2, 0) is 9.59 Å². The summed E-state index contributed by atoms with van der Waals surface area (Å²) in [5.74, 6) is -2.61. The predicted octanol–water partition coefficient (Wildman–Crippen LogP) is 2.53. The molecule has 6 nitrogen and oxygen atoms in total. The quantitative estimate of drug-likeness (QED) is 0.823. The molecule has 0 radical (unpaired) electrons. The van der Waals surface area contributed by atoms with Gasteiger partial charge < -0.3 is 15.3 Å². The maximum Gasteiger partial charge on any atom is 0.307 e. The molecule has 2 amide bonds. The standard InChI is InChI=1S/C19H22N2O4/c22-17(15-8-1-2-9-16(15)19(24)25)20-14-7-5-6-13(12-14)18(23)21-10-3-4-11-21/h1-2,5-7,12,15-16H,3-4,8-11H2,(H,20,22)(H,24,25)/t15-,16-/m0/s1. The van der Waals surface area contributed by atoms with Crippen molar-refractivity contribution in [1.29, 1.82) is 0 Å². The molecule has 1 saturated heterocycles. The van der Waals surface area contributed by atoms with Crippen LogP contribution in [0.15, 0.2) is 36.4 Å². The van der Waals surface area contributed by atoms with Gasteiger partial charge in [-0.15, -0.1) is 0 Å². The lowest BCUT2D eigenvalue weighted by molar-refractivity contribution is -0.146. The van der Waals surface area contributed by atoms with Crippen LogP contribution >= 0.6 is 0 Å². The third-order valence-corrected chi connectivity index (χ3v) is 4.86. The summed E-state index contributed by atoms with van der Waals surface area (Å²) >= 11 is 0. The van der Waals surface area contributed by atoms with Crippen LogP contribution in [0.4, 0.5) is 5.69 Å². The summed E-state index contributed by atoms with van der Waals surface area (Å²) in [7, 11) is 0. The third kappa shape index (κ3) is 3.90. The van der Waals surface area contributed by atoms with E-state index in [4.69, 9.17) is 0 Å². The van der Waals surface area contributed by atoms with Crippen LogP contribution in [0.2, 0.25) is 0 Å². The maximum absolute atomic E-state index is 12.5. The molecule has 1 fully saturated rings. The fraction of sp³-hybridized carbons (Fsp3) is 0.421. The van der Waals surface area contributed by atoms with Crippen molar-refractivity contribution >= 4 is 23.5 Å². The summed E-state index contributed by atoms with van der Waals surface area (Å²) in [4.78, 5) is 38.1. The minimum absolute atomic E-state index is 0.0300. The van der Waals surface area contributed by atoms with Gasteiger partial charge in [0.25, 0.3) is 5.91 Å². The largest absolute Gasteiger partial charge is 0.481 e. The van der Waals surface area contributed by atoms with Gasteiger partial charge in [-0.3, -0.25) is 14.4 Å². The van der Waals surface area contributed by atoms with Gasteiger partial charge in [-0.2, -0.15) is 0 Å². The lowest BCUT2D eigenvalue weighted by Crippen LogP contribution is -2.34. The number of nitrogens with zero attached hydrogens (tertiary/aromatic N) is 1. The molecular weight excluding hydrogens is 320 g/mol. The number of hydrogen-bond donors (Lipinski definition) is 2. The molecule has 132 valence electrons. The number of benzene rings is 1. The SMILES string of the molecule is O=C(O)[C@H]1CC=CC[C@@H]1C(=O)Nc1cccc(C(=O)N2CCCC2)c1. The lowest BCUT2D eigenvalue weighted by atomic mass is 9.82. The smallest absolute Gasteiger partial charge is 0.307 e. The van der Waals surface area contributed by atoms with Crippen LogP contribution in [0.25, 0.3) is 0 Å². The summed E-state index contributed by atoms with van der Waals surface area (Å²) in [5, 5.41) is 12.1. The van der Waals surface area contributed by atoms with Crippen LogP contribution in [0, 0.1) is 11.8 Å². The number of anilines is 1. The van der Waals surface area contributed by atoms with Crippen molar-refractivity contribution in [3.05, 3.63) is 42.0 Å². The second-order valence-electron chi connectivity index (χ2n) is 6.56. The van der Waals surface area contributed by atoms with Gasteiger partial charge in [-0.1, -0.05) is 18.2 Å². The van der Waals surface area contributed by atoms with Gasteiger partial charge in [-0.05, 0) is 43.9 Å². The van der Waals surface area contributed by atoms with Gasteiger partial charge in [0, 0.05) is 24.3 Å². The van der Waals surface area contributed by atoms with E-state index in [0.717, 1.165) is 25.9 Å². The number of likely N-dealkylation sites (tertiary alicyclic amines) is 1. The molecule has 3 rings (SSSR count). The van der Waals surface area contributed by atoms with Gasteiger partial charge in [0.2, 0.25) is 5.91 Å². The number of nitrogens with one attached hydrogen (secondary N) is 1. The monoisotopic (exact) mass is 342 g/mol. The fourth-order valence-corrected chi connectivity index (χ4v) is 3.44. The third-order valence-electron chi connectivity index (χ3n) is 4.86. The highest BCUT2D eigenvalue weighted by Gasteiger charge is 2.34. The van der Waals surface area contributed by atoms with Gasteiger partial charge >= 0.3 is 5.97 Å². The fourth-order valence-electron chi connectivity index (χ4n) is 3.44. The molecule has 0 unspecified atom stereocenters. The predicted molar refractivity (Wildman–Crippen MR) is 93.2 cm³/mol. The van der Waals surface area contributed by atoms with E-state index >= 15 is 0 Å². The normalized spacial score (nSPS) is 22.6. The Kier molecular flexibility index (Phi) is 5.16. The lowest BCUT2D eigenvalue weighted by Gasteiger charge is -2.24. The zero-order valence-corrected chi connectivity index (χ0v) is 14.0. The van der Waals surface area contributed by atoms with Gasteiger partial charge in [0.1, 0.15) is 0 Å². The summed E-state index contributed by atoms with van der Waals surface area (Å²) in [6.45, 7) is 1.54. The van der Waals surface area contributed by atoms with Crippen LogP contribution in [0.1, 0.15) is 36.0 Å². The molecule has 1 aromatic rings. The Morgan fingerprint density at radius 3 is 2.40 bits per heavy atom. The van der Waals surface area contributed by atoms with Crippen molar-refractivity contribution in [3.63, 3.8) is 0 Å². The second-order valence-corrected chi connectivity index (χ2v) is 6.56. The van der Waals surface area contributed by atoms with Crippen molar-refractivity contribution in [2.24, 2.45) is 11.8 Å². The van der Waals surface area contributed by atoms with E-state index in [-0.39, 0.29) is 11.8 Å². The van der Waals surface area contributed by atoms with Crippen LogP contribution in [0.5, 0.6) is 0 Å². The first-order valence-corrected chi connectivity index (χ1v) is 8.64. The number of hydrogen-bond acceptors (Lipinski definition) is 3. The van der Waals surface area contributed by atoms with E-state index in [1.807, 2.05) is 11.0 Å². The maximum atomic E-state index is 12.5. The Bertz CT molecular complexity index is 707. The minimum Gasteiger partial charge on any atom is -0.481 e. The average Bonchev–Trinajstić information content (AvgIpc) is 3.16. The highest BCUT2D eigenvalue weighted by molar-refractivity contribution is 5.98. The molecule has 25 heavy (non-hydrogen) atoms. The molecular formula is C19H22N2O4. The van der Waals surface area contributed by atoms with Crippen LogP contribution in [-0.4, -0.2) is 40.9 Å². The van der Waals surface area contributed by atoms with Crippen molar-refractivity contribution in [2.75, 3.05) is 18.4 Å². The van der Waals surface area contributed by atoms with E-state index in [2.05, 4.69) is 5.32 Å². The average molecular weight is 342 g/mol. The van der Waals surface area contributed by atoms with E-state index in [0.29, 0.717) is 24.1 Å². The van der Waals surface area contributed by atoms with E-state index in [1.165, 1.54) is 0 Å². The minimum atomic E-state index is -0.956. The van der Waals surface area contributed by atoms with E-state index in [9.17, 15) is 19.5 Å². The Morgan fingerprint density at radius 1 is 1.04 bits per heavy atom. The van der Waals surface area contributed by atoms with Gasteiger partial charge in [0.05, 0.1) is 11.8 Å². The number of allylic oxidation sites excluding steroid dienone is 2. The first-order chi connectivity index (χ1) is 12.1. The van der Waals surface area contributed by atoms with Crippen LogP contribution in [0.3, 0.4) is 0 Å². The molecule has 1 aliphatic heterocycles. The summed E-state index contributed by atoms with van der Waals surface area (Å²) in [6, 6.07) is 6.84. The highest BCUT2D eigenvalue weighted by Crippen LogP contribution is 2.27. The number of carboxylic acid groups (broad SMARTS) is 1. The molecule has 0 aromatic heterocycles. The van der Waals surface area contributed by atoms with E-state index < -0.39 is 17.8 Å². The summed E-state index contributed by atoms with van der Waals surface area (Å²) in [6.07, 6.45) is 6.47. The van der Waals surface area contributed by atoms with Crippen LogP contribution < -0.4 is 5.32 Å². The van der Waals surface area contributed by atoms with Crippen molar-refractivity contribution < 1.29 is 19.5 Å². The molecule has 2 atom stereocenters. The molecule has 0 saturated carbocycles. The Labute approximate surface area is 146 Å². The number of carbonyl (C=O) groups is 3. The number of aliphatic carboxylic acids is 1. The molecule has 1 aromatic carbocycles. The zero-order valence-electron chi connectivity index (χ0n) is 14.0. The molecule has 1 aliphatic carbocycles. The molecule has 1 heterocycles. The van der Waals surface area contributed by atoms with Crippen molar-refractivity contribution in [2.45, 2.75) is 25.7 Å². The number of rotatable bonds is 4. The summed E-state index contributed by atoms with van der Waals surface area (Å²) < 4.78 is 0. The van der Waals surface area contributed by atoms with Gasteiger partial charge in [0.15, 0.2) is 0 Å². The molecule has 6 heteroatoms. The highest BCUT2D eigenvalue weighted by atomic mass is 16.4. The molecule has 0 bridgehead atoms. The first-order valence-electron chi connectivity index (χ1n) is 8.64. The summed E-state index contributed by atoms with van der Waals surface area (Å²) in [5.41, 5.74) is 1.06. The van der Waals surface area contributed by atoms with Crippen molar-refractivity contribution in [1.82, 2.24) is 4.90 Å². The van der Waals surface area contributed by atoms with E-state index in [1.54, 1.807) is 30.3 Å². The Balaban J connectivity index is 1.71. The second kappa shape index (κ2) is 7.51. The Morgan fingerprint density at radius 2 is 1.72 bits per heavy atom. The van der Waals surface area contributed by atoms with Crippen molar-refractivity contribution in [3.8, 4) is 0 Å². The number of carboxylic acids is 1.